The number of aromatic nitrogens is 3. The average Bonchev–Trinajstić information content (AvgIpc) is 3.57. The predicted molar refractivity (Wildman–Crippen MR) is 204 cm³/mol. The minimum absolute atomic E-state index is 0.591. The highest BCUT2D eigenvalue weighted by molar-refractivity contribution is 6.07. The zero-order chi connectivity index (χ0) is 33.3. The first kappa shape index (κ1) is 29.3. The standard InChI is InChI=1S/C45H30N4O/c1-5-15-31(16-6-1)37-23-13-14-24-40(37)49(35-21-11-4-12-22-35)36-26-28-39-38-27-25-34(29-41(38)50-42(39)30-36)45-47-43(32-17-7-2-8-18-32)46-44(48-45)33-19-9-3-10-20-33/h1-30H. The Bertz CT molecular complexity index is 2530. The summed E-state index contributed by atoms with van der Waals surface area (Å²) in [5.74, 6) is 1.84. The zero-order valence-corrected chi connectivity index (χ0v) is 27.0. The van der Waals surface area contributed by atoms with Gasteiger partial charge >= 0.3 is 0 Å². The third-order valence-corrected chi connectivity index (χ3v) is 8.92. The molecule has 0 radical (unpaired) electrons. The molecule has 0 aliphatic rings. The first-order valence-electron chi connectivity index (χ1n) is 16.6. The molecule has 5 nitrogen and oxygen atoms in total. The maximum atomic E-state index is 6.62. The lowest BCUT2D eigenvalue weighted by molar-refractivity contribution is 0.669. The van der Waals surface area contributed by atoms with Gasteiger partial charge in [-0.3, -0.25) is 0 Å². The van der Waals surface area contributed by atoms with Crippen LogP contribution in [0.2, 0.25) is 0 Å². The highest BCUT2D eigenvalue weighted by Gasteiger charge is 2.19. The Morgan fingerprint density at radius 3 is 1.46 bits per heavy atom. The average molecular weight is 643 g/mol. The van der Waals surface area contributed by atoms with Gasteiger partial charge in [-0.25, -0.2) is 15.0 Å². The summed E-state index contributed by atoms with van der Waals surface area (Å²) in [6.45, 7) is 0. The van der Waals surface area contributed by atoms with Gasteiger partial charge in [-0.05, 0) is 48.0 Å². The number of rotatable bonds is 7. The van der Waals surface area contributed by atoms with Gasteiger partial charge in [0, 0.05) is 50.5 Å². The summed E-state index contributed by atoms with van der Waals surface area (Å²) < 4.78 is 6.62. The molecular formula is C45H30N4O. The van der Waals surface area contributed by atoms with Crippen LogP contribution in [0.1, 0.15) is 0 Å². The Morgan fingerprint density at radius 1 is 0.360 bits per heavy atom. The summed E-state index contributed by atoms with van der Waals surface area (Å²) in [6, 6.07) is 62.2. The second-order valence-electron chi connectivity index (χ2n) is 12.1. The van der Waals surface area contributed by atoms with E-state index in [0.717, 1.165) is 66.8 Å². The Balaban J connectivity index is 1.17. The molecule has 9 aromatic rings. The van der Waals surface area contributed by atoms with Gasteiger partial charge in [0.05, 0.1) is 5.69 Å². The van der Waals surface area contributed by atoms with Gasteiger partial charge in [0.25, 0.3) is 0 Å². The van der Waals surface area contributed by atoms with E-state index in [1.807, 2.05) is 78.9 Å². The lowest BCUT2D eigenvalue weighted by Gasteiger charge is -2.27. The largest absolute Gasteiger partial charge is 0.456 e. The van der Waals surface area contributed by atoms with Crippen molar-refractivity contribution in [2.75, 3.05) is 4.90 Å². The molecule has 0 saturated carbocycles. The Kier molecular flexibility index (Phi) is 7.41. The lowest BCUT2D eigenvalue weighted by Crippen LogP contribution is -2.11. The van der Waals surface area contributed by atoms with Crippen LogP contribution in [0.3, 0.4) is 0 Å². The molecule has 0 aliphatic carbocycles. The van der Waals surface area contributed by atoms with Crippen LogP contribution in [0.25, 0.3) is 67.2 Å². The molecule has 7 aromatic carbocycles. The van der Waals surface area contributed by atoms with E-state index < -0.39 is 0 Å². The van der Waals surface area contributed by atoms with Gasteiger partial charge in [-0.2, -0.15) is 0 Å². The second-order valence-corrected chi connectivity index (χ2v) is 12.1. The zero-order valence-electron chi connectivity index (χ0n) is 27.0. The van der Waals surface area contributed by atoms with Gasteiger partial charge < -0.3 is 9.32 Å². The number of hydrogen-bond donors (Lipinski definition) is 0. The van der Waals surface area contributed by atoms with Crippen molar-refractivity contribution in [1.82, 2.24) is 15.0 Å². The molecule has 5 heteroatoms. The number of nitrogens with zero attached hydrogens (tertiary/aromatic N) is 4. The van der Waals surface area contributed by atoms with Crippen LogP contribution < -0.4 is 4.90 Å². The molecule has 0 spiro atoms. The molecule has 0 unspecified atom stereocenters. The fourth-order valence-electron chi connectivity index (χ4n) is 6.52. The van der Waals surface area contributed by atoms with Crippen molar-refractivity contribution in [2.45, 2.75) is 0 Å². The van der Waals surface area contributed by atoms with Gasteiger partial charge in [0.1, 0.15) is 11.2 Å². The fourth-order valence-corrected chi connectivity index (χ4v) is 6.52. The van der Waals surface area contributed by atoms with Crippen molar-refractivity contribution in [3.63, 3.8) is 0 Å². The van der Waals surface area contributed by atoms with Crippen LogP contribution in [0, 0.1) is 0 Å². The number of furan rings is 1. The van der Waals surface area contributed by atoms with Crippen molar-refractivity contribution in [1.29, 1.82) is 0 Å². The van der Waals surface area contributed by atoms with Crippen LogP contribution in [0.4, 0.5) is 17.1 Å². The number of hydrogen-bond acceptors (Lipinski definition) is 5. The predicted octanol–water partition coefficient (Wildman–Crippen LogP) is 11.9. The highest BCUT2D eigenvalue weighted by Crippen LogP contribution is 2.42. The maximum absolute atomic E-state index is 6.62. The molecule has 2 aromatic heterocycles. The number of fused-ring (bicyclic) bond motifs is 3. The summed E-state index contributed by atoms with van der Waals surface area (Å²) in [5.41, 5.74) is 9.75. The fraction of sp³-hybridized carbons (Fsp3) is 0. The Labute approximate surface area is 289 Å². The van der Waals surface area contributed by atoms with E-state index in [1.54, 1.807) is 0 Å². The summed E-state index contributed by atoms with van der Waals surface area (Å²) in [6.07, 6.45) is 0. The molecular weight excluding hydrogens is 613 g/mol. The summed E-state index contributed by atoms with van der Waals surface area (Å²) >= 11 is 0. The van der Waals surface area contributed by atoms with Crippen LogP contribution in [0.15, 0.2) is 186 Å². The van der Waals surface area contributed by atoms with Crippen LogP contribution in [-0.4, -0.2) is 15.0 Å². The van der Waals surface area contributed by atoms with Crippen molar-refractivity contribution in [2.24, 2.45) is 0 Å². The molecule has 236 valence electrons. The van der Waals surface area contributed by atoms with E-state index in [0.29, 0.717) is 17.5 Å². The van der Waals surface area contributed by atoms with E-state index in [4.69, 9.17) is 19.4 Å². The van der Waals surface area contributed by atoms with E-state index in [9.17, 15) is 0 Å². The third-order valence-electron chi connectivity index (χ3n) is 8.92. The van der Waals surface area contributed by atoms with E-state index >= 15 is 0 Å². The minimum atomic E-state index is 0.591. The third kappa shape index (κ3) is 5.47. The summed E-state index contributed by atoms with van der Waals surface area (Å²) in [5, 5.41) is 2.08. The smallest absolute Gasteiger partial charge is 0.164 e. The van der Waals surface area contributed by atoms with Gasteiger partial charge in [0.15, 0.2) is 17.5 Å². The van der Waals surface area contributed by atoms with E-state index in [2.05, 4.69) is 108 Å². The van der Waals surface area contributed by atoms with Crippen LogP contribution in [0.5, 0.6) is 0 Å². The minimum Gasteiger partial charge on any atom is -0.456 e. The molecule has 0 atom stereocenters. The topological polar surface area (TPSA) is 55.1 Å². The van der Waals surface area contributed by atoms with E-state index in [-0.39, 0.29) is 0 Å². The van der Waals surface area contributed by atoms with Gasteiger partial charge in [0.2, 0.25) is 0 Å². The molecule has 2 heterocycles. The molecule has 0 saturated heterocycles. The monoisotopic (exact) mass is 642 g/mol. The summed E-state index contributed by atoms with van der Waals surface area (Å²) in [7, 11) is 0. The molecule has 9 rings (SSSR count). The van der Waals surface area contributed by atoms with E-state index in [1.165, 1.54) is 0 Å². The molecule has 0 aliphatic heterocycles. The number of para-hydroxylation sites is 2. The lowest BCUT2D eigenvalue weighted by atomic mass is 10.0. The molecule has 0 fully saturated rings. The Hall–Kier alpha value is -6.85. The maximum Gasteiger partial charge on any atom is 0.164 e. The second kappa shape index (κ2) is 12.6. The molecule has 50 heavy (non-hydrogen) atoms. The van der Waals surface area contributed by atoms with Gasteiger partial charge in [-0.15, -0.1) is 0 Å². The van der Waals surface area contributed by atoms with Crippen molar-refractivity contribution >= 4 is 39.0 Å². The molecule has 0 N–H and O–H groups in total. The highest BCUT2D eigenvalue weighted by atomic mass is 16.3. The SMILES string of the molecule is c1ccc(-c2nc(-c3ccccc3)nc(-c3ccc4c(c3)oc3cc(N(c5ccccc5)c5ccccc5-c5ccccc5)ccc34)n2)cc1. The van der Waals surface area contributed by atoms with Gasteiger partial charge in [-0.1, -0.05) is 133 Å². The molecule has 0 amide bonds. The molecule has 0 bridgehead atoms. The quantitative estimate of drug-likeness (QED) is 0.173. The first-order chi connectivity index (χ1) is 24.8. The van der Waals surface area contributed by atoms with Crippen molar-refractivity contribution in [3.8, 4) is 45.3 Å². The van der Waals surface area contributed by atoms with Crippen molar-refractivity contribution < 1.29 is 4.42 Å². The van der Waals surface area contributed by atoms with Crippen LogP contribution >= 0.6 is 0 Å². The van der Waals surface area contributed by atoms with Crippen LogP contribution in [-0.2, 0) is 0 Å². The Morgan fingerprint density at radius 2 is 0.840 bits per heavy atom. The number of benzene rings is 7. The number of anilines is 3. The van der Waals surface area contributed by atoms with Crippen molar-refractivity contribution in [3.05, 3.63) is 182 Å². The normalized spacial score (nSPS) is 11.2. The first-order valence-corrected chi connectivity index (χ1v) is 16.6. The summed E-state index contributed by atoms with van der Waals surface area (Å²) in [4.78, 5) is 17.0.